The first-order chi connectivity index (χ1) is 6.80. The van der Waals surface area contributed by atoms with E-state index >= 15 is 0 Å². The highest BCUT2D eigenvalue weighted by Crippen LogP contribution is 2.42. The van der Waals surface area contributed by atoms with E-state index in [0.717, 1.165) is 44.9 Å². The molecule has 0 aromatic heterocycles. The molecule has 78 valence electrons. The van der Waals surface area contributed by atoms with E-state index in [-0.39, 0.29) is 5.41 Å². The van der Waals surface area contributed by atoms with Crippen LogP contribution in [0.1, 0.15) is 25.7 Å². The van der Waals surface area contributed by atoms with Crippen LogP contribution in [0, 0.1) is 11.3 Å². The van der Waals surface area contributed by atoms with Gasteiger partial charge in [0.05, 0.1) is 5.41 Å². The minimum atomic E-state index is 0.0696. The minimum Gasteiger partial charge on any atom is -0.341 e. The molecule has 3 heteroatoms. The van der Waals surface area contributed by atoms with Crippen LogP contribution < -0.4 is 5.32 Å². The smallest absolute Gasteiger partial charge is 0.230 e. The zero-order chi connectivity index (χ0) is 9.60. The van der Waals surface area contributed by atoms with Gasteiger partial charge < -0.3 is 10.2 Å². The predicted octanol–water partition coefficient (Wildman–Crippen LogP) is 0.608. The number of hydrogen-bond donors (Lipinski definition) is 1. The molecule has 3 nitrogen and oxygen atoms in total. The standard InChI is InChI=1S/C11H18N2O/c14-10-11(3-5-12-6-4-11)8-13(10)7-9-1-2-9/h9,12H,1-8H2. The Morgan fingerprint density at radius 1 is 1.36 bits per heavy atom. The summed E-state index contributed by atoms with van der Waals surface area (Å²) in [5.41, 5.74) is 0.0696. The first-order valence-corrected chi connectivity index (χ1v) is 5.80. The Balaban J connectivity index is 1.60. The number of β-lactam (4-membered cyclic amide) rings is 1. The van der Waals surface area contributed by atoms with Crippen LogP contribution >= 0.6 is 0 Å². The molecule has 0 aromatic rings. The van der Waals surface area contributed by atoms with Crippen molar-refractivity contribution in [1.82, 2.24) is 10.2 Å². The highest BCUT2D eigenvalue weighted by atomic mass is 16.2. The number of carbonyl (C=O) groups excluding carboxylic acids is 1. The lowest BCUT2D eigenvalue weighted by Gasteiger charge is -2.51. The van der Waals surface area contributed by atoms with E-state index in [9.17, 15) is 4.79 Å². The highest BCUT2D eigenvalue weighted by Gasteiger charge is 2.52. The zero-order valence-electron chi connectivity index (χ0n) is 8.59. The van der Waals surface area contributed by atoms with Gasteiger partial charge in [-0.1, -0.05) is 0 Å². The molecule has 1 saturated carbocycles. The maximum Gasteiger partial charge on any atom is 0.230 e. The molecule has 1 N–H and O–H groups in total. The van der Waals surface area contributed by atoms with E-state index < -0.39 is 0 Å². The number of nitrogens with one attached hydrogen (secondary N) is 1. The second-order valence-electron chi connectivity index (χ2n) is 5.16. The van der Waals surface area contributed by atoms with Gasteiger partial charge in [0, 0.05) is 13.1 Å². The Bertz CT molecular complexity index is 254. The SMILES string of the molecule is O=C1N(CC2CC2)CC12CCNCC2. The Morgan fingerprint density at radius 3 is 2.64 bits per heavy atom. The van der Waals surface area contributed by atoms with E-state index in [2.05, 4.69) is 10.2 Å². The number of piperidine rings is 1. The lowest BCUT2D eigenvalue weighted by atomic mass is 9.71. The van der Waals surface area contributed by atoms with Crippen molar-refractivity contribution in [2.45, 2.75) is 25.7 Å². The Kier molecular flexibility index (Phi) is 1.84. The summed E-state index contributed by atoms with van der Waals surface area (Å²) < 4.78 is 0. The Labute approximate surface area is 84.8 Å². The number of hydrogen-bond acceptors (Lipinski definition) is 2. The molecular weight excluding hydrogens is 176 g/mol. The fourth-order valence-corrected chi connectivity index (χ4v) is 2.79. The van der Waals surface area contributed by atoms with Gasteiger partial charge in [-0.3, -0.25) is 4.79 Å². The molecule has 14 heavy (non-hydrogen) atoms. The van der Waals surface area contributed by atoms with Crippen molar-refractivity contribution in [1.29, 1.82) is 0 Å². The van der Waals surface area contributed by atoms with Crippen LogP contribution in [0.25, 0.3) is 0 Å². The van der Waals surface area contributed by atoms with E-state index in [1.54, 1.807) is 0 Å². The lowest BCUT2D eigenvalue weighted by Crippen LogP contribution is -2.64. The average Bonchev–Trinajstić information content (AvgIpc) is 3.02. The third-order valence-electron chi connectivity index (χ3n) is 3.97. The van der Waals surface area contributed by atoms with E-state index in [1.165, 1.54) is 12.8 Å². The molecule has 2 heterocycles. The second-order valence-corrected chi connectivity index (χ2v) is 5.16. The zero-order valence-corrected chi connectivity index (χ0v) is 8.59. The molecular formula is C11H18N2O. The van der Waals surface area contributed by atoms with Gasteiger partial charge >= 0.3 is 0 Å². The predicted molar refractivity (Wildman–Crippen MR) is 53.8 cm³/mol. The topological polar surface area (TPSA) is 32.3 Å². The number of likely N-dealkylation sites (tertiary alicyclic amines) is 1. The van der Waals surface area contributed by atoms with Crippen LogP contribution in [0.2, 0.25) is 0 Å². The number of carbonyl (C=O) groups is 1. The molecule has 0 aromatic carbocycles. The molecule has 3 aliphatic rings. The van der Waals surface area contributed by atoms with Gasteiger partial charge in [-0.05, 0) is 44.7 Å². The summed E-state index contributed by atoms with van der Waals surface area (Å²) in [7, 11) is 0. The van der Waals surface area contributed by atoms with Gasteiger partial charge in [-0.2, -0.15) is 0 Å². The summed E-state index contributed by atoms with van der Waals surface area (Å²) in [5.74, 6) is 1.30. The van der Waals surface area contributed by atoms with Gasteiger partial charge in [-0.15, -0.1) is 0 Å². The molecule has 0 bridgehead atoms. The molecule has 0 radical (unpaired) electrons. The summed E-state index contributed by atoms with van der Waals surface area (Å²) in [6, 6.07) is 0. The minimum absolute atomic E-state index is 0.0696. The molecule has 3 rings (SSSR count). The van der Waals surface area contributed by atoms with Crippen molar-refractivity contribution < 1.29 is 4.79 Å². The van der Waals surface area contributed by atoms with Crippen molar-refractivity contribution in [3.63, 3.8) is 0 Å². The summed E-state index contributed by atoms with van der Waals surface area (Å²) >= 11 is 0. The summed E-state index contributed by atoms with van der Waals surface area (Å²) in [6.45, 7) is 4.16. The number of rotatable bonds is 2. The van der Waals surface area contributed by atoms with Gasteiger partial charge in [0.15, 0.2) is 0 Å². The highest BCUT2D eigenvalue weighted by molar-refractivity contribution is 5.89. The molecule has 1 amide bonds. The molecule has 0 unspecified atom stereocenters. The maximum absolute atomic E-state index is 12.0. The van der Waals surface area contributed by atoms with Crippen molar-refractivity contribution in [3.05, 3.63) is 0 Å². The maximum atomic E-state index is 12.0. The van der Waals surface area contributed by atoms with Crippen LogP contribution in [-0.4, -0.2) is 37.0 Å². The first kappa shape index (κ1) is 8.72. The largest absolute Gasteiger partial charge is 0.341 e. The van der Waals surface area contributed by atoms with Crippen LogP contribution in [-0.2, 0) is 4.79 Å². The van der Waals surface area contributed by atoms with E-state index in [4.69, 9.17) is 0 Å². The van der Waals surface area contributed by atoms with Crippen molar-refractivity contribution in [3.8, 4) is 0 Å². The molecule has 3 fully saturated rings. The monoisotopic (exact) mass is 194 g/mol. The lowest BCUT2D eigenvalue weighted by molar-refractivity contribution is -0.163. The number of nitrogens with zero attached hydrogens (tertiary/aromatic N) is 1. The van der Waals surface area contributed by atoms with E-state index in [0.29, 0.717) is 5.91 Å². The fraction of sp³-hybridized carbons (Fsp3) is 0.909. The molecule has 0 atom stereocenters. The van der Waals surface area contributed by atoms with Crippen LogP contribution in [0.5, 0.6) is 0 Å². The second kappa shape index (κ2) is 2.96. The van der Waals surface area contributed by atoms with Crippen molar-refractivity contribution in [2.24, 2.45) is 11.3 Å². The molecule has 2 aliphatic heterocycles. The average molecular weight is 194 g/mol. The van der Waals surface area contributed by atoms with Crippen molar-refractivity contribution >= 4 is 5.91 Å². The Morgan fingerprint density at radius 2 is 2.07 bits per heavy atom. The summed E-state index contributed by atoms with van der Waals surface area (Å²) in [6.07, 6.45) is 4.82. The van der Waals surface area contributed by atoms with Crippen molar-refractivity contribution in [2.75, 3.05) is 26.2 Å². The van der Waals surface area contributed by atoms with Crippen LogP contribution in [0.3, 0.4) is 0 Å². The molecule has 1 spiro atoms. The van der Waals surface area contributed by atoms with Gasteiger partial charge in [0.25, 0.3) is 0 Å². The third kappa shape index (κ3) is 1.26. The normalized spacial score (nSPS) is 30.6. The quantitative estimate of drug-likeness (QED) is 0.653. The van der Waals surface area contributed by atoms with Gasteiger partial charge in [-0.25, -0.2) is 0 Å². The van der Waals surface area contributed by atoms with Gasteiger partial charge in [0.2, 0.25) is 5.91 Å². The molecule has 1 aliphatic carbocycles. The Hall–Kier alpha value is -0.570. The third-order valence-corrected chi connectivity index (χ3v) is 3.97. The van der Waals surface area contributed by atoms with Crippen LogP contribution in [0.15, 0.2) is 0 Å². The molecule has 2 saturated heterocycles. The van der Waals surface area contributed by atoms with Crippen LogP contribution in [0.4, 0.5) is 0 Å². The first-order valence-electron chi connectivity index (χ1n) is 5.80. The summed E-state index contributed by atoms with van der Waals surface area (Å²) in [4.78, 5) is 14.1. The number of amides is 1. The summed E-state index contributed by atoms with van der Waals surface area (Å²) in [5, 5.41) is 3.33. The fourth-order valence-electron chi connectivity index (χ4n) is 2.79. The van der Waals surface area contributed by atoms with Gasteiger partial charge in [0.1, 0.15) is 0 Å². The van der Waals surface area contributed by atoms with E-state index in [1.807, 2.05) is 0 Å².